The summed E-state index contributed by atoms with van der Waals surface area (Å²) in [6.07, 6.45) is 1.74. The number of hydrogen-bond donors (Lipinski definition) is 3. The zero-order chi connectivity index (χ0) is 20.4. The summed E-state index contributed by atoms with van der Waals surface area (Å²) in [5.74, 6) is -0.629. The van der Waals surface area contributed by atoms with Crippen LogP contribution in [0.15, 0.2) is 24.3 Å². The predicted molar refractivity (Wildman–Crippen MR) is 103 cm³/mol. The molecule has 7 nitrogen and oxygen atoms in total. The lowest BCUT2D eigenvalue weighted by atomic mass is 10.1. The average Bonchev–Trinajstić information content (AvgIpc) is 2.58. The van der Waals surface area contributed by atoms with Gasteiger partial charge in [-0.15, -0.1) is 0 Å². The highest BCUT2D eigenvalue weighted by atomic mass is 16.6. The molecule has 0 fully saturated rings. The minimum Gasteiger partial charge on any atom is -0.508 e. The summed E-state index contributed by atoms with van der Waals surface area (Å²) in [4.78, 5) is 25.3. The Labute approximate surface area is 161 Å². The average molecular weight is 380 g/mol. The van der Waals surface area contributed by atoms with Gasteiger partial charge in [0.2, 0.25) is 0 Å². The Kier molecular flexibility index (Phi) is 9.08. The van der Waals surface area contributed by atoms with Crippen LogP contribution in [0.3, 0.4) is 0 Å². The SMILES string of the molecule is CN(CCCCCCNC(=O)C(O)c1ccccc1O)C(=O)OC(C)(C)C. The molecule has 152 valence electrons. The van der Waals surface area contributed by atoms with Crippen LogP contribution in [0.5, 0.6) is 5.75 Å². The number of nitrogens with zero attached hydrogens (tertiary/aromatic N) is 1. The van der Waals surface area contributed by atoms with Crippen molar-refractivity contribution in [1.29, 1.82) is 0 Å². The van der Waals surface area contributed by atoms with E-state index in [9.17, 15) is 19.8 Å². The first kappa shape index (κ1) is 22.8. The molecule has 1 rings (SSSR count). The van der Waals surface area contributed by atoms with Gasteiger partial charge in [-0.1, -0.05) is 31.0 Å². The van der Waals surface area contributed by atoms with Gasteiger partial charge in [0.05, 0.1) is 0 Å². The van der Waals surface area contributed by atoms with Crippen LogP contribution >= 0.6 is 0 Å². The fourth-order valence-corrected chi connectivity index (χ4v) is 2.43. The second kappa shape index (κ2) is 10.8. The summed E-state index contributed by atoms with van der Waals surface area (Å²) in [6, 6.07) is 6.23. The fourth-order valence-electron chi connectivity index (χ4n) is 2.43. The smallest absolute Gasteiger partial charge is 0.410 e. The molecule has 0 radical (unpaired) electrons. The molecule has 7 heteroatoms. The maximum atomic E-state index is 11.9. The standard InChI is InChI=1S/C20H32N2O5/c1-20(2,3)27-19(26)22(4)14-10-6-5-9-13-21-18(25)17(24)15-11-7-8-12-16(15)23/h7-8,11-12,17,23-24H,5-6,9-10,13-14H2,1-4H3,(H,21,25). The molecule has 0 aliphatic carbocycles. The molecule has 0 bridgehead atoms. The quantitative estimate of drug-likeness (QED) is 0.572. The fraction of sp³-hybridized carbons (Fsp3) is 0.600. The zero-order valence-electron chi connectivity index (χ0n) is 16.7. The molecule has 0 aliphatic rings. The van der Waals surface area contributed by atoms with E-state index in [0.717, 1.165) is 25.7 Å². The molecule has 27 heavy (non-hydrogen) atoms. The number of aromatic hydroxyl groups is 1. The number of aliphatic hydroxyl groups is 1. The van der Waals surface area contributed by atoms with Crippen LogP contribution in [-0.2, 0) is 9.53 Å². The van der Waals surface area contributed by atoms with E-state index in [1.54, 1.807) is 24.1 Å². The highest BCUT2D eigenvalue weighted by molar-refractivity contribution is 5.82. The molecule has 1 atom stereocenters. The number of benzene rings is 1. The van der Waals surface area contributed by atoms with Crippen LogP contribution in [0, 0.1) is 0 Å². The van der Waals surface area contributed by atoms with Crippen LogP contribution in [0.25, 0.3) is 0 Å². The largest absolute Gasteiger partial charge is 0.508 e. The number of nitrogens with one attached hydrogen (secondary N) is 1. The van der Waals surface area contributed by atoms with Crippen LogP contribution in [0.2, 0.25) is 0 Å². The van der Waals surface area contributed by atoms with Crippen molar-refractivity contribution in [3.05, 3.63) is 29.8 Å². The first-order valence-corrected chi connectivity index (χ1v) is 9.29. The highest BCUT2D eigenvalue weighted by Gasteiger charge is 2.20. The van der Waals surface area contributed by atoms with Crippen LogP contribution in [0.4, 0.5) is 4.79 Å². The van der Waals surface area contributed by atoms with Crippen molar-refractivity contribution in [1.82, 2.24) is 10.2 Å². The lowest BCUT2D eigenvalue weighted by Gasteiger charge is -2.24. The van der Waals surface area contributed by atoms with Crippen LogP contribution in [-0.4, -0.2) is 52.9 Å². The molecular weight excluding hydrogens is 348 g/mol. The number of phenols is 1. The van der Waals surface area contributed by atoms with Gasteiger partial charge in [0.1, 0.15) is 11.4 Å². The van der Waals surface area contributed by atoms with Crippen molar-refractivity contribution in [2.45, 2.75) is 58.2 Å². The Hall–Kier alpha value is -2.28. The lowest BCUT2D eigenvalue weighted by molar-refractivity contribution is -0.129. The summed E-state index contributed by atoms with van der Waals surface area (Å²) in [5, 5.41) is 22.3. The van der Waals surface area contributed by atoms with Gasteiger partial charge in [-0.2, -0.15) is 0 Å². The molecule has 0 aliphatic heterocycles. The molecule has 0 aromatic heterocycles. The van der Waals surface area contributed by atoms with Crippen molar-refractivity contribution < 1.29 is 24.5 Å². The third-order valence-electron chi connectivity index (χ3n) is 3.90. The van der Waals surface area contributed by atoms with Crippen molar-refractivity contribution in [2.24, 2.45) is 0 Å². The predicted octanol–water partition coefficient (Wildman–Crippen LogP) is 2.97. The summed E-state index contributed by atoms with van der Waals surface area (Å²) >= 11 is 0. The minimum atomic E-state index is -1.38. The van der Waals surface area contributed by atoms with E-state index >= 15 is 0 Å². The second-order valence-electron chi connectivity index (χ2n) is 7.57. The highest BCUT2D eigenvalue weighted by Crippen LogP contribution is 2.23. The van der Waals surface area contributed by atoms with Crippen LogP contribution in [0.1, 0.15) is 58.1 Å². The van der Waals surface area contributed by atoms with Gasteiger partial charge in [0.25, 0.3) is 5.91 Å². The van der Waals surface area contributed by atoms with Gasteiger partial charge in [-0.3, -0.25) is 4.79 Å². The molecule has 0 saturated heterocycles. The zero-order valence-corrected chi connectivity index (χ0v) is 16.7. The molecule has 0 spiro atoms. The third-order valence-corrected chi connectivity index (χ3v) is 3.90. The molecule has 1 unspecified atom stereocenters. The monoisotopic (exact) mass is 380 g/mol. The Morgan fingerprint density at radius 2 is 1.78 bits per heavy atom. The number of amides is 2. The number of aliphatic hydroxyl groups excluding tert-OH is 1. The topological polar surface area (TPSA) is 99.1 Å². The molecular formula is C20H32N2O5. The summed E-state index contributed by atoms with van der Waals surface area (Å²) in [6.45, 7) is 6.58. The molecule has 3 N–H and O–H groups in total. The van der Waals surface area contributed by atoms with E-state index in [4.69, 9.17) is 4.74 Å². The van der Waals surface area contributed by atoms with E-state index in [-0.39, 0.29) is 17.4 Å². The molecule has 0 saturated carbocycles. The lowest BCUT2D eigenvalue weighted by Crippen LogP contribution is -2.34. The number of ether oxygens (including phenoxy) is 1. The Morgan fingerprint density at radius 3 is 2.41 bits per heavy atom. The first-order chi connectivity index (χ1) is 12.6. The van der Waals surface area contributed by atoms with E-state index in [1.807, 2.05) is 20.8 Å². The third kappa shape index (κ3) is 8.77. The number of unbranched alkanes of at least 4 members (excludes halogenated alkanes) is 3. The van der Waals surface area contributed by atoms with Gasteiger partial charge in [0.15, 0.2) is 6.10 Å². The van der Waals surface area contributed by atoms with Gasteiger partial charge in [0, 0.05) is 25.7 Å². The Morgan fingerprint density at radius 1 is 1.15 bits per heavy atom. The Balaban J connectivity index is 2.16. The van der Waals surface area contributed by atoms with Gasteiger partial charge >= 0.3 is 6.09 Å². The summed E-state index contributed by atoms with van der Waals surface area (Å²) in [7, 11) is 1.72. The van der Waals surface area contributed by atoms with E-state index < -0.39 is 17.6 Å². The van der Waals surface area contributed by atoms with Crippen molar-refractivity contribution in [3.63, 3.8) is 0 Å². The number of phenolic OH excluding ortho intramolecular Hbond substituents is 1. The molecule has 1 aromatic carbocycles. The van der Waals surface area contributed by atoms with Gasteiger partial charge < -0.3 is 25.2 Å². The first-order valence-electron chi connectivity index (χ1n) is 9.29. The molecule has 0 heterocycles. The number of rotatable bonds is 9. The van der Waals surface area contributed by atoms with Crippen molar-refractivity contribution in [3.8, 4) is 5.75 Å². The molecule has 2 amide bonds. The normalized spacial score (nSPS) is 12.3. The van der Waals surface area contributed by atoms with E-state index in [2.05, 4.69) is 5.32 Å². The van der Waals surface area contributed by atoms with E-state index in [1.165, 1.54) is 12.1 Å². The Bertz CT molecular complexity index is 613. The maximum absolute atomic E-state index is 11.9. The van der Waals surface area contributed by atoms with E-state index in [0.29, 0.717) is 13.1 Å². The van der Waals surface area contributed by atoms with Crippen molar-refractivity contribution >= 4 is 12.0 Å². The molecule has 1 aromatic rings. The van der Waals surface area contributed by atoms with Crippen molar-refractivity contribution in [2.75, 3.05) is 20.1 Å². The summed E-state index contributed by atoms with van der Waals surface area (Å²) < 4.78 is 5.29. The van der Waals surface area contributed by atoms with Gasteiger partial charge in [-0.05, 0) is 39.7 Å². The second-order valence-corrected chi connectivity index (χ2v) is 7.57. The van der Waals surface area contributed by atoms with Crippen LogP contribution < -0.4 is 5.32 Å². The minimum absolute atomic E-state index is 0.103. The maximum Gasteiger partial charge on any atom is 0.410 e. The van der Waals surface area contributed by atoms with Gasteiger partial charge in [-0.25, -0.2) is 4.79 Å². The number of hydrogen-bond acceptors (Lipinski definition) is 5. The number of carbonyl (C=O) groups is 2. The summed E-state index contributed by atoms with van der Waals surface area (Å²) in [5.41, 5.74) is -0.301. The number of para-hydroxylation sites is 1. The number of carbonyl (C=O) groups excluding carboxylic acids is 2.